The largest absolute Gasteiger partial charge is 0.503 e. The molecule has 3 fully saturated rings. The van der Waals surface area contributed by atoms with Gasteiger partial charge in [0.25, 0.3) is 0 Å². The van der Waals surface area contributed by atoms with Crippen LogP contribution < -0.4 is 0 Å². The molecule has 6 unspecified atom stereocenters. The van der Waals surface area contributed by atoms with Crippen molar-refractivity contribution in [1.29, 1.82) is 0 Å². The second-order valence-corrected chi connectivity index (χ2v) is 11.5. The van der Waals surface area contributed by atoms with Gasteiger partial charge in [-0.05, 0) is 65.2 Å². The number of hydrogen-bond donors (Lipinski definition) is 0. The number of fused-ring (bicyclic) bond motifs is 1. The molecule has 0 aromatic rings. The van der Waals surface area contributed by atoms with Gasteiger partial charge in [0.05, 0.1) is 51.3 Å². The molecule has 3 rings (SSSR count). The predicted octanol–water partition coefficient (Wildman–Crippen LogP) is 3.48. The summed E-state index contributed by atoms with van der Waals surface area (Å²) in [6, 6.07) is 0. The van der Waals surface area contributed by atoms with E-state index in [2.05, 4.69) is 0 Å². The highest BCUT2D eigenvalue weighted by Crippen LogP contribution is 2.43. The summed E-state index contributed by atoms with van der Waals surface area (Å²) in [5.74, 6) is 0.404. The molecule has 0 radical (unpaired) electrons. The standard InChI is InChI=1S/C23H44O9Si/c1-6-27-23(28-7-2,29-8-3)32-33(5,24-4)31-20(18-12-13-21-22(15-18)30-21)11-9-10-14-25-16-19-17-26-19/h18-22H,6-17H2,1-5H3. The van der Waals surface area contributed by atoms with E-state index < -0.39 is 15.0 Å². The van der Waals surface area contributed by atoms with Gasteiger partial charge in [0, 0.05) is 20.3 Å². The van der Waals surface area contributed by atoms with E-state index in [-0.39, 0.29) is 6.10 Å². The molecule has 9 nitrogen and oxygen atoms in total. The first-order chi connectivity index (χ1) is 16.0. The molecule has 2 aliphatic heterocycles. The molecule has 0 aromatic heterocycles. The molecule has 10 heteroatoms. The van der Waals surface area contributed by atoms with E-state index in [1.807, 2.05) is 27.3 Å². The van der Waals surface area contributed by atoms with Crippen molar-refractivity contribution in [3.05, 3.63) is 0 Å². The fourth-order valence-electron chi connectivity index (χ4n) is 4.45. The van der Waals surface area contributed by atoms with E-state index in [0.717, 1.165) is 51.7 Å². The Morgan fingerprint density at radius 3 is 2.27 bits per heavy atom. The van der Waals surface area contributed by atoms with Crippen LogP contribution in [0.25, 0.3) is 0 Å². The molecule has 0 bridgehead atoms. The normalized spacial score (nSPS) is 29.4. The summed E-state index contributed by atoms with van der Waals surface area (Å²) in [6.45, 7) is 10.9. The van der Waals surface area contributed by atoms with Gasteiger partial charge >= 0.3 is 15.0 Å². The summed E-state index contributed by atoms with van der Waals surface area (Å²) in [4.78, 5) is 0. The Bertz CT molecular complexity index is 547. The second kappa shape index (κ2) is 13.2. The molecule has 2 saturated heterocycles. The number of ether oxygens (including phenoxy) is 6. The highest BCUT2D eigenvalue weighted by molar-refractivity contribution is 6.59. The number of epoxide rings is 2. The maximum atomic E-state index is 6.68. The van der Waals surface area contributed by atoms with Crippen molar-refractivity contribution in [2.45, 2.75) is 96.4 Å². The van der Waals surface area contributed by atoms with Gasteiger partial charge in [0.2, 0.25) is 0 Å². The third kappa shape index (κ3) is 8.78. The van der Waals surface area contributed by atoms with E-state index in [0.29, 0.717) is 50.7 Å². The Balaban J connectivity index is 1.60. The van der Waals surface area contributed by atoms with Gasteiger partial charge in [-0.3, -0.25) is 4.43 Å². The summed E-state index contributed by atoms with van der Waals surface area (Å²) in [5.41, 5.74) is 0. The molecule has 1 aliphatic carbocycles. The van der Waals surface area contributed by atoms with E-state index in [9.17, 15) is 0 Å². The van der Waals surface area contributed by atoms with Crippen LogP contribution in [0.3, 0.4) is 0 Å². The first-order valence-electron chi connectivity index (χ1n) is 12.7. The van der Waals surface area contributed by atoms with Crippen molar-refractivity contribution < 1.29 is 41.7 Å². The minimum atomic E-state index is -3.17. The van der Waals surface area contributed by atoms with Gasteiger partial charge in [-0.1, -0.05) is 0 Å². The quantitative estimate of drug-likeness (QED) is 0.116. The van der Waals surface area contributed by atoms with Crippen LogP contribution in [-0.4, -0.2) is 86.1 Å². The van der Waals surface area contributed by atoms with E-state index in [4.69, 9.17) is 41.7 Å². The highest BCUT2D eigenvalue weighted by Gasteiger charge is 2.51. The molecule has 6 atom stereocenters. The fourth-order valence-corrected chi connectivity index (χ4v) is 6.17. The zero-order valence-corrected chi connectivity index (χ0v) is 22.0. The maximum Gasteiger partial charge on any atom is 0.503 e. The number of hydrogen-bond acceptors (Lipinski definition) is 9. The predicted molar refractivity (Wildman–Crippen MR) is 123 cm³/mol. The average Bonchev–Trinajstić information content (AvgIpc) is 3.70. The monoisotopic (exact) mass is 492 g/mol. The fraction of sp³-hybridized carbons (Fsp3) is 1.00. The van der Waals surface area contributed by atoms with Crippen LogP contribution in [0.1, 0.15) is 59.3 Å². The molecule has 2 heterocycles. The van der Waals surface area contributed by atoms with Crippen molar-refractivity contribution in [3.63, 3.8) is 0 Å². The minimum Gasteiger partial charge on any atom is -0.379 e. The molecule has 0 amide bonds. The van der Waals surface area contributed by atoms with Gasteiger partial charge in [0.15, 0.2) is 0 Å². The first kappa shape index (κ1) is 27.4. The summed E-state index contributed by atoms with van der Waals surface area (Å²) in [7, 11) is -1.55. The zero-order valence-electron chi connectivity index (χ0n) is 21.0. The molecule has 0 N–H and O–H groups in total. The van der Waals surface area contributed by atoms with Gasteiger partial charge in [-0.2, -0.15) is 0 Å². The molecule has 1 saturated carbocycles. The highest BCUT2D eigenvalue weighted by atomic mass is 28.4. The molecule has 33 heavy (non-hydrogen) atoms. The van der Waals surface area contributed by atoms with Gasteiger partial charge in [-0.25, -0.2) is 0 Å². The summed E-state index contributed by atoms with van der Waals surface area (Å²) in [5, 5.41) is 0. The van der Waals surface area contributed by atoms with Crippen LogP contribution in [0.4, 0.5) is 0 Å². The summed E-state index contributed by atoms with van der Waals surface area (Å²) < 4.78 is 52.8. The third-order valence-electron chi connectivity index (χ3n) is 6.31. The topological polar surface area (TPSA) is 89.7 Å². The molecule has 3 aliphatic rings. The third-order valence-corrected chi connectivity index (χ3v) is 8.41. The average molecular weight is 493 g/mol. The first-order valence-corrected chi connectivity index (χ1v) is 14.9. The molecule has 194 valence electrons. The SMILES string of the molecule is CCOC(OCC)(OCC)O[Si](C)(OC)OC(CCCCOCC1CO1)C1CCC2OC2C1. The Morgan fingerprint density at radius 1 is 1.00 bits per heavy atom. The Kier molecular flexibility index (Phi) is 11.0. The van der Waals surface area contributed by atoms with Crippen LogP contribution in [0.2, 0.25) is 6.55 Å². The summed E-state index contributed by atoms with van der Waals surface area (Å²) >= 11 is 0. The molecule has 0 spiro atoms. The molecule has 0 aromatic carbocycles. The van der Waals surface area contributed by atoms with Crippen molar-refractivity contribution in [1.82, 2.24) is 0 Å². The molecular formula is C23H44O9Si. The van der Waals surface area contributed by atoms with Crippen LogP contribution in [0.15, 0.2) is 0 Å². The van der Waals surface area contributed by atoms with E-state index in [1.54, 1.807) is 7.11 Å². The van der Waals surface area contributed by atoms with Crippen molar-refractivity contribution in [2.24, 2.45) is 5.92 Å². The Labute approximate surface area is 200 Å². The lowest BCUT2D eigenvalue weighted by atomic mass is 9.83. The smallest absolute Gasteiger partial charge is 0.379 e. The van der Waals surface area contributed by atoms with E-state index >= 15 is 0 Å². The minimum absolute atomic E-state index is 0.00103. The van der Waals surface area contributed by atoms with Crippen LogP contribution in [-0.2, 0) is 41.7 Å². The molecular weight excluding hydrogens is 448 g/mol. The lowest BCUT2D eigenvalue weighted by molar-refractivity contribution is -0.478. The van der Waals surface area contributed by atoms with Crippen molar-refractivity contribution in [3.8, 4) is 0 Å². The second-order valence-electron chi connectivity index (χ2n) is 8.94. The lowest BCUT2D eigenvalue weighted by Gasteiger charge is -2.40. The van der Waals surface area contributed by atoms with E-state index in [1.165, 1.54) is 0 Å². The Hall–Kier alpha value is -0.143. The lowest BCUT2D eigenvalue weighted by Crippen LogP contribution is -2.56. The van der Waals surface area contributed by atoms with Gasteiger partial charge in [0.1, 0.15) is 6.10 Å². The van der Waals surface area contributed by atoms with Crippen LogP contribution in [0.5, 0.6) is 0 Å². The number of unbranched alkanes of at least 4 members (excludes halogenated alkanes) is 1. The Morgan fingerprint density at radius 2 is 1.70 bits per heavy atom. The number of rotatable bonds is 19. The maximum absolute atomic E-state index is 6.68. The van der Waals surface area contributed by atoms with Crippen LogP contribution in [0, 0.1) is 5.92 Å². The van der Waals surface area contributed by atoms with Crippen LogP contribution >= 0.6 is 0 Å². The van der Waals surface area contributed by atoms with Crippen molar-refractivity contribution in [2.75, 3.05) is 46.8 Å². The van der Waals surface area contributed by atoms with Gasteiger partial charge in [-0.15, -0.1) is 0 Å². The van der Waals surface area contributed by atoms with Gasteiger partial charge < -0.3 is 37.3 Å². The summed E-state index contributed by atoms with van der Waals surface area (Å²) in [6.07, 6.45) is 5.59. The zero-order chi connectivity index (χ0) is 23.7. The van der Waals surface area contributed by atoms with Crippen molar-refractivity contribution >= 4 is 8.80 Å².